The molecular weight excluding hydrogens is 374 g/mol. The molecule has 0 aliphatic carbocycles. The van der Waals surface area contributed by atoms with E-state index in [-0.39, 0.29) is 17.9 Å². The summed E-state index contributed by atoms with van der Waals surface area (Å²) >= 11 is 0. The van der Waals surface area contributed by atoms with Crippen LogP contribution in [0.5, 0.6) is 11.5 Å². The minimum atomic E-state index is -0.307. The first-order chi connectivity index (χ1) is 14.5. The van der Waals surface area contributed by atoms with Gasteiger partial charge in [0.2, 0.25) is 0 Å². The maximum Gasteiger partial charge on any atom is 0.147 e. The van der Waals surface area contributed by atoms with E-state index < -0.39 is 0 Å². The second-order valence-corrected chi connectivity index (χ2v) is 7.61. The number of fused-ring (bicyclic) bond motifs is 1. The van der Waals surface area contributed by atoms with Gasteiger partial charge < -0.3 is 15.2 Å². The molecule has 0 aliphatic heterocycles. The third-order valence-corrected chi connectivity index (χ3v) is 4.88. The summed E-state index contributed by atoms with van der Waals surface area (Å²) < 4.78 is 5.78. The highest BCUT2D eigenvalue weighted by Gasteiger charge is 2.20. The normalized spacial score (nSPS) is 12.1. The molecule has 4 aromatic rings. The quantitative estimate of drug-likeness (QED) is 0.440. The Kier molecular flexibility index (Phi) is 5.53. The van der Waals surface area contributed by atoms with Crippen LogP contribution in [0.2, 0.25) is 0 Å². The lowest BCUT2D eigenvalue weighted by atomic mass is 9.96. The van der Waals surface area contributed by atoms with Gasteiger partial charge >= 0.3 is 0 Å². The summed E-state index contributed by atoms with van der Waals surface area (Å²) in [7, 11) is 0. The van der Waals surface area contributed by atoms with Crippen molar-refractivity contribution in [2.45, 2.75) is 32.9 Å². The minimum Gasteiger partial charge on any atom is -0.505 e. The average molecular weight is 399 g/mol. The van der Waals surface area contributed by atoms with Gasteiger partial charge in [0.05, 0.1) is 12.1 Å². The summed E-state index contributed by atoms with van der Waals surface area (Å²) in [5.41, 5.74) is 3.41. The topological polar surface area (TPSA) is 67.3 Å². The van der Waals surface area contributed by atoms with Crippen molar-refractivity contribution in [3.05, 3.63) is 89.7 Å². The van der Waals surface area contributed by atoms with Gasteiger partial charge in [0.25, 0.3) is 0 Å². The van der Waals surface area contributed by atoms with E-state index in [2.05, 4.69) is 15.3 Å². The zero-order valence-electron chi connectivity index (χ0n) is 17.3. The molecule has 30 heavy (non-hydrogen) atoms. The number of hydrogen-bond donors (Lipinski definition) is 2. The van der Waals surface area contributed by atoms with Crippen LogP contribution >= 0.6 is 0 Å². The van der Waals surface area contributed by atoms with Crippen molar-refractivity contribution in [1.29, 1.82) is 0 Å². The second kappa shape index (κ2) is 8.41. The SMILES string of the molecule is Cc1ccnc(NC(c2ccc(OC(C)C)cc2)c2ccc3cccnc3c2O)c1. The van der Waals surface area contributed by atoms with Crippen LogP contribution in [0.4, 0.5) is 5.82 Å². The number of aryl methyl sites for hydroxylation is 1. The number of nitrogens with one attached hydrogen (secondary N) is 1. The van der Waals surface area contributed by atoms with Crippen molar-refractivity contribution in [1.82, 2.24) is 9.97 Å². The van der Waals surface area contributed by atoms with Crippen LogP contribution in [0.15, 0.2) is 73.1 Å². The molecule has 2 aromatic carbocycles. The monoisotopic (exact) mass is 399 g/mol. The lowest BCUT2D eigenvalue weighted by Gasteiger charge is -2.22. The Hall–Kier alpha value is -3.60. The zero-order chi connectivity index (χ0) is 21.1. The van der Waals surface area contributed by atoms with E-state index in [1.165, 1.54) is 0 Å². The average Bonchev–Trinajstić information content (AvgIpc) is 2.73. The van der Waals surface area contributed by atoms with Crippen molar-refractivity contribution in [2.24, 2.45) is 0 Å². The molecule has 1 unspecified atom stereocenters. The van der Waals surface area contributed by atoms with Crippen molar-refractivity contribution in [2.75, 3.05) is 5.32 Å². The Bertz CT molecular complexity index is 1160. The molecule has 5 heteroatoms. The van der Waals surface area contributed by atoms with Crippen molar-refractivity contribution < 1.29 is 9.84 Å². The Morgan fingerprint density at radius 1 is 0.933 bits per heavy atom. The lowest BCUT2D eigenvalue weighted by molar-refractivity contribution is 0.242. The largest absolute Gasteiger partial charge is 0.505 e. The van der Waals surface area contributed by atoms with E-state index in [1.807, 2.05) is 81.4 Å². The third kappa shape index (κ3) is 4.20. The smallest absolute Gasteiger partial charge is 0.147 e. The number of ether oxygens (including phenoxy) is 1. The molecule has 2 aromatic heterocycles. The van der Waals surface area contributed by atoms with Gasteiger partial charge in [0.1, 0.15) is 22.8 Å². The Labute approximate surface area is 176 Å². The number of aromatic nitrogens is 2. The van der Waals surface area contributed by atoms with Gasteiger partial charge in [-0.15, -0.1) is 0 Å². The number of phenolic OH excluding ortho intramolecular Hbond substituents is 1. The molecule has 0 saturated carbocycles. The number of rotatable bonds is 6. The molecule has 0 spiro atoms. The Morgan fingerprint density at radius 3 is 2.47 bits per heavy atom. The first-order valence-electron chi connectivity index (χ1n) is 10.0. The highest BCUT2D eigenvalue weighted by atomic mass is 16.5. The number of nitrogens with zero attached hydrogens (tertiary/aromatic N) is 2. The lowest BCUT2D eigenvalue weighted by Crippen LogP contribution is -2.14. The highest BCUT2D eigenvalue weighted by molar-refractivity contribution is 5.86. The summed E-state index contributed by atoms with van der Waals surface area (Å²) in [5.74, 6) is 1.72. The highest BCUT2D eigenvalue weighted by Crippen LogP contribution is 2.36. The molecular formula is C25H25N3O2. The van der Waals surface area contributed by atoms with Crippen molar-refractivity contribution in [3.8, 4) is 11.5 Å². The molecule has 0 fully saturated rings. The Morgan fingerprint density at radius 2 is 1.73 bits per heavy atom. The van der Waals surface area contributed by atoms with E-state index >= 15 is 0 Å². The van der Waals surface area contributed by atoms with Crippen molar-refractivity contribution in [3.63, 3.8) is 0 Å². The van der Waals surface area contributed by atoms with Gasteiger partial charge in [-0.05, 0) is 62.2 Å². The summed E-state index contributed by atoms with van der Waals surface area (Å²) in [6, 6.07) is 19.3. The number of benzene rings is 2. The second-order valence-electron chi connectivity index (χ2n) is 7.61. The molecule has 4 rings (SSSR count). The van der Waals surface area contributed by atoms with Crippen LogP contribution in [0.1, 0.15) is 36.6 Å². The van der Waals surface area contributed by atoms with Gasteiger partial charge in [-0.2, -0.15) is 0 Å². The fourth-order valence-corrected chi connectivity index (χ4v) is 3.49. The molecule has 0 bridgehead atoms. The van der Waals surface area contributed by atoms with Gasteiger partial charge in [0.15, 0.2) is 0 Å². The first kappa shape index (κ1) is 19.7. The van der Waals surface area contributed by atoms with E-state index in [9.17, 15) is 5.11 Å². The van der Waals surface area contributed by atoms with Crippen LogP contribution in [-0.4, -0.2) is 21.2 Å². The maximum absolute atomic E-state index is 11.0. The maximum atomic E-state index is 11.0. The molecule has 2 heterocycles. The molecule has 0 amide bonds. The van der Waals surface area contributed by atoms with Crippen LogP contribution in [0, 0.1) is 6.92 Å². The summed E-state index contributed by atoms with van der Waals surface area (Å²) in [6.45, 7) is 6.03. The summed E-state index contributed by atoms with van der Waals surface area (Å²) in [4.78, 5) is 8.82. The minimum absolute atomic E-state index is 0.108. The number of hydrogen-bond acceptors (Lipinski definition) is 5. The molecule has 2 N–H and O–H groups in total. The number of phenols is 1. The van der Waals surface area contributed by atoms with E-state index in [1.54, 1.807) is 12.4 Å². The molecule has 1 atom stereocenters. The van der Waals surface area contributed by atoms with Crippen LogP contribution in [0.25, 0.3) is 10.9 Å². The first-order valence-corrected chi connectivity index (χ1v) is 10.0. The van der Waals surface area contributed by atoms with Gasteiger partial charge in [-0.25, -0.2) is 4.98 Å². The molecule has 152 valence electrons. The van der Waals surface area contributed by atoms with Crippen LogP contribution < -0.4 is 10.1 Å². The molecule has 0 aliphatic rings. The standard InChI is InChI=1S/C25H25N3O2/c1-16(2)30-20-9-6-19(7-10-20)23(28-22-15-17(3)12-14-26-22)21-11-8-18-5-4-13-27-24(18)25(21)29/h4-16,23,29H,1-3H3,(H,26,28). The summed E-state index contributed by atoms with van der Waals surface area (Å²) in [5, 5.41) is 15.4. The number of pyridine rings is 2. The van der Waals surface area contributed by atoms with Gasteiger partial charge in [-0.3, -0.25) is 4.98 Å². The van der Waals surface area contributed by atoms with E-state index in [0.29, 0.717) is 5.52 Å². The number of anilines is 1. The third-order valence-electron chi connectivity index (χ3n) is 4.88. The fraction of sp³-hybridized carbons (Fsp3) is 0.200. The van der Waals surface area contributed by atoms with E-state index in [4.69, 9.17) is 4.74 Å². The predicted molar refractivity (Wildman–Crippen MR) is 120 cm³/mol. The van der Waals surface area contributed by atoms with Gasteiger partial charge in [-0.1, -0.05) is 30.3 Å². The molecule has 0 radical (unpaired) electrons. The fourth-order valence-electron chi connectivity index (χ4n) is 3.49. The molecule has 5 nitrogen and oxygen atoms in total. The van der Waals surface area contributed by atoms with Crippen molar-refractivity contribution >= 4 is 16.7 Å². The van der Waals surface area contributed by atoms with E-state index in [0.717, 1.165) is 33.6 Å². The zero-order valence-corrected chi connectivity index (χ0v) is 17.3. The van der Waals surface area contributed by atoms with Gasteiger partial charge in [0, 0.05) is 23.3 Å². The van der Waals surface area contributed by atoms with Crippen LogP contribution in [-0.2, 0) is 0 Å². The number of aromatic hydroxyl groups is 1. The molecule has 0 saturated heterocycles. The van der Waals surface area contributed by atoms with Crippen LogP contribution in [0.3, 0.4) is 0 Å². The predicted octanol–water partition coefficient (Wildman–Crippen LogP) is 5.63. The summed E-state index contributed by atoms with van der Waals surface area (Å²) in [6.07, 6.45) is 3.57. The Balaban J connectivity index is 1.78.